The van der Waals surface area contributed by atoms with Gasteiger partial charge in [-0.25, -0.2) is 4.79 Å². The van der Waals surface area contributed by atoms with Gasteiger partial charge in [-0.05, 0) is 55.3 Å². The molecule has 1 atom stereocenters. The Balaban J connectivity index is 1.83. The lowest BCUT2D eigenvalue weighted by Crippen LogP contribution is -2.37. The van der Waals surface area contributed by atoms with E-state index in [0.29, 0.717) is 18.2 Å². The zero-order chi connectivity index (χ0) is 20.3. The van der Waals surface area contributed by atoms with Crippen molar-refractivity contribution in [1.29, 1.82) is 0 Å². The molecular weight excluding hydrogens is 354 g/mol. The summed E-state index contributed by atoms with van der Waals surface area (Å²) in [7, 11) is 0. The molecule has 1 unspecified atom stereocenters. The highest BCUT2D eigenvalue weighted by Crippen LogP contribution is 2.27. The van der Waals surface area contributed by atoms with E-state index in [1.807, 2.05) is 19.1 Å². The van der Waals surface area contributed by atoms with Gasteiger partial charge in [0.25, 0.3) is 5.56 Å². The normalized spacial score (nSPS) is 16.7. The molecule has 2 heterocycles. The number of likely N-dealkylation sites (N-methyl/N-ethyl adjacent to an activating group) is 1. The first-order chi connectivity index (χ1) is 13.5. The fourth-order valence-corrected chi connectivity index (χ4v) is 4.12. The van der Waals surface area contributed by atoms with Crippen LogP contribution in [0, 0.1) is 0 Å². The Labute approximate surface area is 165 Å². The number of benzene rings is 1. The largest absolute Gasteiger partial charge is 0.477 e. The maximum absolute atomic E-state index is 12.1. The summed E-state index contributed by atoms with van der Waals surface area (Å²) in [4.78, 5) is 31.0. The summed E-state index contributed by atoms with van der Waals surface area (Å²) in [6, 6.07) is 10.3. The second kappa shape index (κ2) is 8.61. The SMILES string of the molecule is CCc1cc(C(=O)O)c(=O)[nH]c1-c1ccc(N2CCC(N(CC)CC)C2)cc1. The first-order valence-electron chi connectivity index (χ1n) is 10.1. The minimum absolute atomic E-state index is 0.211. The van der Waals surface area contributed by atoms with E-state index in [4.69, 9.17) is 0 Å². The maximum atomic E-state index is 12.1. The van der Waals surface area contributed by atoms with Crippen molar-refractivity contribution in [3.8, 4) is 11.3 Å². The first-order valence-corrected chi connectivity index (χ1v) is 10.1. The number of H-pyrrole nitrogens is 1. The monoisotopic (exact) mass is 383 g/mol. The zero-order valence-corrected chi connectivity index (χ0v) is 16.9. The lowest BCUT2D eigenvalue weighted by molar-refractivity contribution is 0.0695. The van der Waals surface area contributed by atoms with Crippen molar-refractivity contribution in [1.82, 2.24) is 9.88 Å². The number of aromatic carboxylic acids is 1. The predicted molar refractivity (Wildman–Crippen MR) is 112 cm³/mol. The van der Waals surface area contributed by atoms with Crippen LogP contribution in [-0.4, -0.2) is 53.2 Å². The molecule has 1 aromatic carbocycles. The van der Waals surface area contributed by atoms with Crippen molar-refractivity contribution in [2.45, 2.75) is 39.7 Å². The van der Waals surface area contributed by atoms with E-state index in [-0.39, 0.29) is 5.56 Å². The van der Waals surface area contributed by atoms with Crippen LogP contribution >= 0.6 is 0 Å². The van der Waals surface area contributed by atoms with Gasteiger partial charge in [0.05, 0.1) is 5.69 Å². The third-order valence-electron chi connectivity index (χ3n) is 5.75. The molecule has 1 fully saturated rings. The number of carbonyl (C=O) groups is 1. The maximum Gasteiger partial charge on any atom is 0.341 e. The fraction of sp³-hybridized carbons (Fsp3) is 0.455. The molecule has 150 valence electrons. The fourth-order valence-electron chi connectivity index (χ4n) is 4.12. The van der Waals surface area contributed by atoms with E-state index >= 15 is 0 Å². The van der Waals surface area contributed by atoms with Gasteiger partial charge >= 0.3 is 5.97 Å². The van der Waals surface area contributed by atoms with Crippen LogP contribution in [0.3, 0.4) is 0 Å². The number of rotatable bonds is 7. The number of carboxylic acid groups (broad SMARTS) is 1. The predicted octanol–water partition coefficient (Wildman–Crippen LogP) is 3.22. The smallest absolute Gasteiger partial charge is 0.341 e. The van der Waals surface area contributed by atoms with Crippen LogP contribution in [0.1, 0.15) is 43.1 Å². The number of aromatic nitrogens is 1. The van der Waals surface area contributed by atoms with Gasteiger partial charge in [-0.15, -0.1) is 0 Å². The summed E-state index contributed by atoms with van der Waals surface area (Å²) >= 11 is 0. The van der Waals surface area contributed by atoms with Crippen LogP contribution in [-0.2, 0) is 6.42 Å². The Morgan fingerprint density at radius 3 is 2.46 bits per heavy atom. The molecule has 0 saturated carbocycles. The lowest BCUT2D eigenvalue weighted by atomic mass is 10.0. The molecule has 0 bridgehead atoms. The number of pyridine rings is 1. The van der Waals surface area contributed by atoms with Crippen LogP contribution in [0.15, 0.2) is 35.1 Å². The average molecular weight is 383 g/mol. The number of nitrogens with one attached hydrogen (secondary N) is 1. The number of anilines is 1. The molecule has 0 aliphatic carbocycles. The summed E-state index contributed by atoms with van der Waals surface area (Å²) in [6.07, 6.45) is 1.82. The Morgan fingerprint density at radius 2 is 1.89 bits per heavy atom. The molecule has 0 radical (unpaired) electrons. The van der Waals surface area contributed by atoms with Crippen LogP contribution in [0.2, 0.25) is 0 Å². The number of aryl methyl sites for hydroxylation is 1. The standard InChI is InChI=1S/C22H29N3O3/c1-4-15-13-19(22(27)28)21(26)23-20(15)16-7-9-17(10-8-16)25-12-11-18(14-25)24(5-2)6-3/h7-10,13,18H,4-6,11-12,14H2,1-3H3,(H,23,26)(H,27,28). The third-order valence-corrected chi connectivity index (χ3v) is 5.75. The zero-order valence-electron chi connectivity index (χ0n) is 16.9. The lowest BCUT2D eigenvalue weighted by Gasteiger charge is -2.26. The molecule has 3 rings (SSSR count). The molecule has 1 aromatic heterocycles. The topological polar surface area (TPSA) is 76.6 Å². The average Bonchev–Trinajstić information content (AvgIpc) is 3.18. The van der Waals surface area contributed by atoms with Crippen LogP contribution in [0.4, 0.5) is 5.69 Å². The molecule has 2 aromatic rings. The van der Waals surface area contributed by atoms with E-state index in [0.717, 1.165) is 37.3 Å². The van der Waals surface area contributed by atoms with E-state index in [9.17, 15) is 14.7 Å². The highest BCUT2D eigenvalue weighted by atomic mass is 16.4. The third kappa shape index (κ3) is 3.97. The molecule has 0 spiro atoms. The van der Waals surface area contributed by atoms with Crippen LogP contribution in [0.25, 0.3) is 11.3 Å². The highest BCUT2D eigenvalue weighted by molar-refractivity contribution is 5.88. The number of carboxylic acids is 1. The quantitative estimate of drug-likeness (QED) is 0.768. The summed E-state index contributed by atoms with van der Waals surface area (Å²) in [5, 5.41) is 9.17. The van der Waals surface area contributed by atoms with Crippen molar-refractivity contribution in [2.75, 3.05) is 31.1 Å². The van der Waals surface area contributed by atoms with Crippen molar-refractivity contribution in [2.24, 2.45) is 0 Å². The van der Waals surface area contributed by atoms with Gasteiger partial charge in [0.15, 0.2) is 0 Å². The highest BCUT2D eigenvalue weighted by Gasteiger charge is 2.26. The van der Waals surface area contributed by atoms with Crippen LogP contribution < -0.4 is 10.5 Å². The van der Waals surface area contributed by atoms with Crippen molar-refractivity contribution in [3.63, 3.8) is 0 Å². The molecular formula is C22H29N3O3. The summed E-state index contributed by atoms with van der Waals surface area (Å²) in [6.45, 7) is 10.6. The van der Waals surface area contributed by atoms with Crippen molar-refractivity contribution < 1.29 is 9.90 Å². The molecule has 28 heavy (non-hydrogen) atoms. The molecule has 1 aliphatic rings. The first kappa shape index (κ1) is 20.1. The number of nitrogens with zero attached hydrogens (tertiary/aromatic N) is 2. The minimum atomic E-state index is -1.20. The van der Waals surface area contributed by atoms with E-state index < -0.39 is 11.5 Å². The molecule has 6 heteroatoms. The van der Waals surface area contributed by atoms with Crippen LogP contribution in [0.5, 0.6) is 0 Å². The van der Waals surface area contributed by atoms with Gasteiger partial charge < -0.3 is 15.0 Å². The van der Waals surface area contributed by atoms with Gasteiger partial charge in [-0.3, -0.25) is 9.69 Å². The Kier molecular flexibility index (Phi) is 6.19. The number of aromatic amines is 1. The molecule has 1 saturated heterocycles. The molecule has 0 amide bonds. The summed E-state index contributed by atoms with van der Waals surface area (Å²) < 4.78 is 0. The van der Waals surface area contributed by atoms with Gasteiger partial charge in [-0.1, -0.05) is 32.9 Å². The summed E-state index contributed by atoms with van der Waals surface area (Å²) in [5.74, 6) is -1.20. The number of hydrogen-bond acceptors (Lipinski definition) is 4. The second-order valence-corrected chi connectivity index (χ2v) is 7.23. The Morgan fingerprint density at radius 1 is 1.21 bits per heavy atom. The molecule has 6 nitrogen and oxygen atoms in total. The van der Waals surface area contributed by atoms with Gasteiger partial charge in [0.2, 0.25) is 0 Å². The Hall–Kier alpha value is -2.60. The van der Waals surface area contributed by atoms with E-state index in [2.05, 4.69) is 40.8 Å². The minimum Gasteiger partial charge on any atom is -0.477 e. The van der Waals surface area contributed by atoms with E-state index in [1.165, 1.54) is 18.2 Å². The second-order valence-electron chi connectivity index (χ2n) is 7.23. The van der Waals surface area contributed by atoms with Gasteiger partial charge in [-0.2, -0.15) is 0 Å². The molecule has 2 N–H and O–H groups in total. The number of hydrogen-bond donors (Lipinski definition) is 2. The van der Waals surface area contributed by atoms with Gasteiger partial charge in [0.1, 0.15) is 5.56 Å². The Bertz CT molecular complexity index is 885. The van der Waals surface area contributed by atoms with Crippen molar-refractivity contribution >= 4 is 11.7 Å². The summed E-state index contributed by atoms with van der Waals surface area (Å²) in [5.41, 5.74) is 2.83. The van der Waals surface area contributed by atoms with E-state index in [1.54, 1.807) is 0 Å². The van der Waals surface area contributed by atoms with Gasteiger partial charge in [0, 0.05) is 24.8 Å². The van der Waals surface area contributed by atoms with Crippen molar-refractivity contribution in [3.05, 3.63) is 51.8 Å². The molecule has 1 aliphatic heterocycles.